The first-order valence-corrected chi connectivity index (χ1v) is 7.93. The van der Waals surface area contributed by atoms with Gasteiger partial charge in [0.2, 0.25) is 0 Å². The number of hydrogen-bond donors (Lipinski definition) is 1. The van der Waals surface area contributed by atoms with Gasteiger partial charge in [-0.2, -0.15) is 0 Å². The Labute approximate surface area is 109 Å². The van der Waals surface area contributed by atoms with E-state index in [0.29, 0.717) is 0 Å². The second-order valence-corrected chi connectivity index (χ2v) is 6.52. The number of hydrogen-bond acceptors (Lipinski definition) is 1. The van der Waals surface area contributed by atoms with Crippen LogP contribution in [0.1, 0.15) is 46.0 Å². The second kappa shape index (κ2) is 7.10. The van der Waals surface area contributed by atoms with E-state index in [2.05, 4.69) is 48.8 Å². The summed E-state index contributed by atoms with van der Waals surface area (Å²) in [5.74, 6) is 2.81. The zero-order valence-corrected chi connectivity index (χ0v) is 12.6. The van der Waals surface area contributed by atoms with E-state index in [0.717, 1.165) is 23.8 Å². The molecule has 1 rings (SSSR count). The van der Waals surface area contributed by atoms with Gasteiger partial charge in [-0.3, -0.25) is 0 Å². The minimum absolute atomic E-state index is 0.795. The Bertz CT molecular complexity index is 170. The van der Waals surface area contributed by atoms with Crippen molar-refractivity contribution >= 4 is 22.6 Å². The van der Waals surface area contributed by atoms with E-state index in [9.17, 15) is 0 Å². The van der Waals surface area contributed by atoms with E-state index in [-0.39, 0.29) is 0 Å². The molecule has 1 saturated carbocycles. The molecule has 0 aromatic heterocycles. The molecule has 0 saturated heterocycles. The monoisotopic (exact) mass is 323 g/mol. The fourth-order valence-corrected chi connectivity index (χ4v) is 3.88. The van der Waals surface area contributed by atoms with E-state index in [1.54, 1.807) is 0 Å². The quantitative estimate of drug-likeness (QED) is 0.598. The van der Waals surface area contributed by atoms with E-state index < -0.39 is 0 Å². The van der Waals surface area contributed by atoms with Gasteiger partial charge in [-0.1, -0.05) is 36.4 Å². The maximum absolute atomic E-state index is 3.51. The molecule has 1 aliphatic rings. The van der Waals surface area contributed by atoms with Crippen molar-refractivity contribution in [2.45, 2.75) is 52.0 Å². The van der Waals surface area contributed by atoms with Crippen LogP contribution in [0.25, 0.3) is 0 Å². The Morgan fingerprint density at radius 3 is 2.60 bits per heavy atom. The van der Waals surface area contributed by atoms with Crippen molar-refractivity contribution < 1.29 is 0 Å². The highest BCUT2D eigenvalue weighted by atomic mass is 127. The van der Waals surface area contributed by atoms with Gasteiger partial charge in [-0.15, -0.1) is 0 Å². The molecule has 3 unspecified atom stereocenters. The van der Waals surface area contributed by atoms with Crippen LogP contribution < -0.4 is 5.32 Å². The number of rotatable bonds is 5. The first-order chi connectivity index (χ1) is 7.17. The van der Waals surface area contributed by atoms with Crippen LogP contribution in [0.2, 0.25) is 0 Å². The van der Waals surface area contributed by atoms with Crippen molar-refractivity contribution in [3.63, 3.8) is 0 Å². The van der Waals surface area contributed by atoms with Gasteiger partial charge in [0.25, 0.3) is 0 Å². The molecule has 0 aromatic rings. The predicted molar refractivity (Wildman–Crippen MR) is 76.6 cm³/mol. The van der Waals surface area contributed by atoms with Gasteiger partial charge < -0.3 is 5.32 Å². The zero-order valence-electron chi connectivity index (χ0n) is 10.4. The van der Waals surface area contributed by atoms with Gasteiger partial charge in [0, 0.05) is 6.04 Å². The Hall–Kier alpha value is 0.690. The molecule has 1 aliphatic carbocycles. The van der Waals surface area contributed by atoms with Gasteiger partial charge in [0.05, 0.1) is 0 Å². The third-order valence-electron chi connectivity index (χ3n) is 3.75. The molecular weight excluding hydrogens is 297 g/mol. The first-order valence-electron chi connectivity index (χ1n) is 6.40. The summed E-state index contributed by atoms with van der Waals surface area (Å²) >= 11 is 2.52. The topological polar surface area (TPSA) is 12.0 Å². The molecular formula is C13H26IN. The van der Waals surface area contributed by atoms with E-state index in [1.807, 2.05) is 0 Å². The molecule has 0 aliphatic heterocycles. The van der Waals surface area contributed by atoms with Gasteiger partial charge in [0.15, 0.2) is 0 Å². The average molecular weight is 323 g/mol. The summed E-state index contributed by atoms with van der Waals surface area (Å²) in [5.41, 5.74) is 0. The third-order valence-corrected chi connectivity index (χ3v) is 4.37. The van der Waals surface area contributed by atoms with Crippen molar-refractivity contribution in [3.05, 3.63) is 0 Å². The summed E-state index contributed by atoms with van der Waals surface area (Å²) in [5, 5.41) is 3.51. The zero-order chi connectivity index (χ0) is 11.3. The van der Waals surface area contributed by atoms with E-state index in [4.69, 9.17) is 0 Å². The fourth-order valence-electron chi connectivity index (χ4n) is 3.08. The van der Waals surface area contributed by atoms with Crippen molar-refractivity contribution in [2.24, 2.45) is 17.8 Å². The lowest BCUT2D eigenvalue weighted by molar-refractivity contribution is 0.187. The normalized spacial score (nSPS) is 32.2. The number of nitrogens with one attached hydrogen (secondary N) is 1. The summed E-state index contributed by atoms with van der Waals surface area (Å²) in [4.78, 5) is 0. The Morgan fingerprint density at radius 1 is 1.33 bits per heavy atom. The van der Waals surface area contributed by atoms with E-state index >= 15 is 0 Å². The van der Waals surface area contributed by atoms with Gasteiger partial charge in [0.1, 0.15) is 0 Å². The molecule has 0 aromatic carbocycles. The second-order valence-electron chi connectivity index (χ2n) is 5.44. The first kappa shape index (κ1) is 13.8. The number of alkyl halides is 1. The maximum atomic E-state index is 3.51. The summed E-state index contributed by atoms with van der Waals surface area (Å²) < 4.78 is 1.31. The van der Waals surface area contributed by atoms with Crippen LogP contribution in [-0.4, -0.2) is 17.5 Å². The Morgan fingerprint density at radius 2 is 2.07 bits per heavy atom. The lowest BCUT2D eigenvalue weighted by atomic mass is 9.74. The minimum atomic E-state index is 0.795. The fraction of sp³-hybridized carbons (Fsp3) is 1.00. The molecule has 0 spiro atoms. The molecule has 1 nitrogen and oxygen atoms in total. The smallest absolute Gasteiger partial charge is 0.00927 e. The van der Waals surface area contributed by atoms with Crippen molar-refractivity contribution in [1.82, 2.24) is 5.32 Å². The van der Waals surface area contributed by atoms with Crippen LogP contribution in [0.3, 0.4) is 0 Å². The highest BCUT2D eigenvalue weighted by Gasteiger charge is 2.29. The predicted octanol–water partition coefficient (Wildman–Crippen LogP) is 3.86. The molecule has 0 heterocycles. The highest BCUT2D eigenvalue weighted by Crippen LogP contribution is 2.35. The molecule has 0 amide bonds. The third kappa shape index (κ3) is 4.59. The van der Waals surface area contributed by atoms with Crippen molar-refractivity contribution in [3.8, 4) is 0 Å². The summed E-state index contributed by atoms with van der Waals surface area (Å²) in [6.07, 6.45) is 7.15. The molecule has 3 atom stereocenters. The molecule has 2 heteroatoms. The molecule has 1 fully saturated rings. The van der Waals surface area contributed by atoms with Gasteiger partial charge in [-0.05, 0) is 61.3 Å². The summed E-state index contributed by atoms with van der Waals surface area (Å²) in [7, 11) is 2.13. The SMILES string of the molecule is CNC1CCC(CC(C)C)CC1CCI. The van der Waals surface area contributed by atoms with Crippen LogP contribution in [0.4, 0.5) is 0 Å². The lowest BCUT2D eigenvalue weighted by Crippen LogP contribution is -2.39. The molecule has 15 heavy (non-hydrogen) atoms. The minimum Gasteiger partial charge on any atom is -0.317 e. The van der Waals surface area contributed by atoms with E-state index in [1.165, 1.54) is 36.5 Å². The van der Waals surface area contributed by atoms with Gasteiger partial charge >= 0.3 is 0 Å². The van der Waals surface area contributed by atoms with Crippen molar-refractivity contribution in [2.75, 3.05) is 11.5 Å². The Kier molecular flexibility index (Phi) is 6.51. The van der Waals surface area contributed by atoms with Crippen LogP contribution >= 0.6 is 22.6 Å². The van der Waals surface area contributed by atoms with Crippen molar-refractivity contribution in [1.29, 1.82) is 0 Å². The lowest BCUT2D eigenvalue weighted by Gasteiger charge is -2.36. The summed E-state index contributed by atoms with van der Waals surface area (Å²) in [6, 6.07) is 0.795. The maximum Gasteiger partial charge on any atom is 0.00927 e. The highest BCUT2D eigenvalue weighted by molar-refractivity contribution is 14.1. The molecule has 0 bridgehead atoms. The summed E-state index contributed by atoms with van der Waals surface area (Å²) in [6.45, 7) is 4.72. The largest absolute Gasteiger partial charge is 0.317 e. The molecule has 0 radical (unpaired) electrons. The van der Waals surface area contributed by atoms with Crippen LogP contribution in [-0.2, 0) is 0 Å². The Balaban J connectivity index is 2.42. The molecule has 1 N–H and O–H groups in total. The van der Waals surface area contributed by atoms with Crippen LogP contribution in [0, 0.1) is 17.8 Å². The van der Waals surface area contributed by atoms with Gasteiger partial charge in [-0.25, -0.2) is 0 Å². The number of halogens is 1. The average Bonchev–Trinajstić information content (AvgIpc) is 2.18. The standard InChI is InChI=1S/C13H26IN/c1-10(2)8-11-4-5-13(15-3)12(9-11)6-7-14/h10-13,15H,4-9H2,1-3H3. The van der Waals surface area contributed by atoms with Crippen LogP contribution in [0.5, 0.6) is 0 Å². The van der Waals surface area contributed by atoms with Crippen LogP contribution in [0.15, 0.2) is 0 Å². The molecule has 90 valence electrons.